The first-order valence-corrected chi connectivity index (χ1v) is 4.85. The lowest BCUT2D eigenvalue weighted by atomic mass is 9.88. The summed E-state index contributed by atoms with van der Waals surface area (Å²) in [5.41, 5.74) is -0.940. The molecule has 3 nitrogen and oxygen atoms in total. The van der Waals surface area contributed by atoms with Gasteiger partial charge in [0.15, 0.2) is 5.79 Å². The van der Waals surface area contributed by atoms with E-state index in [0.29, 0.717) is 6.42 Å². The molecular formula is C11H16O3. The van der Waals surface area contributed by atoms with E-state index in [1.807, 2.05) is 19.9 Å². The van der Waals surface area contributed by atoms with E-state index in [2.05, 4.69) is 6.58 Å². The third-order valence-electron chi connectivity index (χ3n) is 2.68. The summed E-state index contributed by atoms with van der Waals surface area (Å²) in [6.45, 7) is 7.37. The zero-order valence-corrected chi connectivity index (χ0v) is 8.56. The summed E-state index contributed by atoms with van der Waals surface area (Å²) in [6.07, 6.45) is 5.52. The summed E-state index contributed by atoms with van der Waals surface area (Å²) in [5.74, 6) is -0.550. The molecule has 1 saturated heterocycles. The van der Waals surface area contributed by atoms with Crippen LogP contribution in [0, 0.1) is 0 Å². The van der Waals surface area contributed by atoms with Crippen molar-refractivity contribution in [3.63, 3.8) is 0 Å². The zero-order valence-electron chi connectivity index (χ0n) is 8.56. The highest BCUT2D eigenvalue weighted by molar-refractivity contribution is 5.20. The highest BCUT2D eigenvalue weighted by atomic mass is 16.7. The van der Waals surface area contributed by atoms with Gasteiger partial charge in [-0.15, -0.1) is 0 Å². The third-order valence-corrected chi connectivity index (χ3v) is 2.68. The molecule has 2 rings (SSSR count). The van der Waals surface area contributed by atoms with E-state index in [0.717, 1.165) is 0 Å². The lowest BCUT2D eigenvalue weighted by Gasteiger charge is -2.29. The maximum Gasteiger partial charge on any atom is 0.164 e. The maximum absolute atomic E-state index is 9.96. The molecule has 0 bridgehead atoms. The van der Waals surface area contributed by atoms with Crippen LogP contribution in [0.3, 0.4) is 0 Å². The molecule has 14 heavy (non-hydrogen) atoms. The van der Waals surface area contributed by atoms with Crippen molar-refractivity contribution in [3.05, 3.63) is 24.8 Å². The molecule has 1 N–H and O–H groups in total. The van der Waals surface area contributed by atoms with Crippen molar-refractivity contribution in [2.75, 3.05) is 0 Å². The van der Waals surface area contributed by atoms with Crippen molar-refractivity contribution in [1.29, 1.82) is 0 Å². The maximum atomic E-state index is 9.96. The Balaban J connectivity index is 2.18. The Morgan fingerprint density at radius 3 is 2.86 bits per heavy atom. The Bertz CT molecular complexity index is 282. The number of aliphatic hydroxyl groups is 1. The van der Waals surface area contributed by atoms with Crippen LogP contribution in [0.15, 0.2) is 24.8 Å². The fourth-order valence-corrected chi connectivity index (χ4v) is 1.99. The van der Waals surface area contributed by atoms with E-state index >= 15 is 0 Å². The van der Waals surface area contributed by atoms with E-state index in [-0.39, 0.29) is 12.2 Å². The van der Waals surface area contributed by atoms with Crippen LogP contribution in [-0.2, 0) is 9.47 Å². The minimum Gasteiger partial charge on any atom is -0.382 e. The van der Waals surface area contributed by atoms with E-state index < -0.39 is 11.4 Å². The fourth-order valence-electron chi connectivity index (χ4n) is 1.99. The molecule has 0 unspecified atom stereocenters. The third kappa shape index (κ3) is 1.63. The first kappa shape index (κ1) is 9.90. The Morgan fingerprint density at radius 2 is 2.21 bits per heavy atom. The molecule has 0 spiro atoms. The monoisotopic (exact) mass is 196 g/mol. The van der Waals surface area contributed by atoms with Crippen LogP contribution in [0.25, 0.3) is 0 Å². The second kappa shape index (κ2) is 2.92. The normalized spacial score (nSPS) is 44.8. The topological polar surface area (TPSA) is 38.7 Å². The Labute approximate surface area is 84.0 Å². The Hall–Kier alpha value is -0.640. The van der Waals surface area contributed by atoms with Crippen molar-refractivity contribution in [1.82, 2.24) is 0 Å². The van der Waals surface area contributed by atoms with Gasteiger partial charge < -0.3 is 14.6 Å². The Kier molecular flexibility index (Phi) is 2.07. The summed E-state index contributed by atoms with van der Waals surface area (Å²) in [4.78, 5) is 0. The molecule has 1 heterocycles. The van der Waals surface area contributed by atoms with Gasteiger partial charge in [0.2, 0.25) is 0 Å². The molecule has 3 atom stereocenters. The van der Waals surface area contributed by atoms with E-state index in [1.54, 1.807) is 6.08 Å². The van der Waals surface area contributed by atoms with Gasteiger partial charge in [-0.05, 0) is 13.8 Å². The molecular weight excluding hydrogens is 180 g/mol. The van der Waals surface area contributed by atoms with Crippen LogP contribution in [0.2, 0.25) is 0 Å². The van der Waals surface area contributed by atoms with Crippen LogP contribution in [-0.4, -0.2) is 28.7 Å². The van der Waals surface area contributed by atoms with Gasteiger partial charge in [-0.2, -0.15) is 0 Å². The number of hydrogen-bond acceptors (Lipinski definition) is 3. The molecule has 0 aromatic heterocycles. The number of hydrogen-bond donors (Lipinski definition) is 1. The highest BCUT2D eigenvalue weighted by Gasteiger charge is 2.45. The van der Waals surface area contributed by atoms with Gasteiger partial charge >= 0.3 is 0 Å². The fraction of sp³-hybridized carbons (Fsp3) is 0.636. The summed E-state index contributed by atoms with van der Waals surface area (Å²) in [7, 11) is 0. The predicted molar refractivity (Wildman–Crippen MR) is 52.7 cm³/mol. The van der Waals surface area contributed by atoms with Crippen LogP contribution in [0.5, 0.6) is 0 Å². The van der Waals surface area contributed by atoms with Gasteiger partial charge in [0.25, 0.3) is 0 Å². The highest BCUT2D eigenvalue weighted by Crippen LogP contribution is 2.37. The molecule has 1 fully saturated rings. The van der Waals surface area contributed by atoms with E-state index in [4.69, 9.17) is 9.47 Å². The average molecular weight is 196 g/mol. The molecule has 0 aromatic rings. The average Bonchev–Trinajstić information content (AvgIpc) is 2.38. The SMILES string of the molecule is C=C[C@@]1(O)C=C[C@@H]2OC(C)(C)O[C@@H]2C1. The van der Waals surface area contributed by atoms with Gasteiger partial charge in [0, 0.05) is 6.42 Å². The molecule has 2 aliphatic rings. The minimum atomic E-state index is -0.940. The number of ether oxygens (including phenoxy) is 2. The Morgan fingerprint density at radius 1 is 1.50 bits per heavy atom. The lowest BCUT2D eigenvalue weighted by molar-refractivity contribution is -0.145. The number of fused-ring (bicyclic) bond motifs is 1. The molecule has 1 aliphatic carbocycles. The van der Waals surface area contributed by atoms with E-state index in [1.165, 1.54) is 6.08 Å². The van der Waals surface area contributed by atoms with Gasteiger partial charge in [0.1, 0.15) is 11.7 Å². The number of rotatable bonds is 1. The minimum absolute atomic E-state index is 0.0368. The van der Waals surface area contributed by atoms with Crippen LogP contribution < -0.4 is 0 Å². The second-order valence-electron chi connectivity index (χ2n) is 4.40. The van der Waals surface area contributed by atoms with Crippen molar-refractivity contribution < 1.29 is 14.6 Å². The van der Waals surface area contributed by atoms with Gasteiger partial charge in [-0.3, -0.25) is 0 Å². The molecule has 1 aliphatic heterocycles. The molecule has 0 amide bonds. The summed E-state index contributed by atoms with van der Waals surface area (Å²) in [5, 5.41) is 9.96. The largest absolute Gasteiger partial charge is 0.382 e. The van der Waals surface area contributed by atoms with Crippen LogP contribution >= 0.6 is 0 Å². The molecule has 0 saturated carbocycles. The second-order valence-corrected chi connectivity index (χ2v) is 4.40. The van der Waals surface area contributed by atoms with Crippen molar-refractivity contribution in [3.8, 4) is 0 Å². The molecule has 3 heteroatoms. The van der Waals surface area contributed by atoms with Crippen molar-refractivity contribution in [2.45, 2.75) is 43.9 Å². The van der Waals surface area contributed by atoms with Gasteiger partial charge in [-0.25, -0.2) is 0 Å². The quantitative estimate of drug-likeness (QED) is 0.644. The van der Waals surface area contributed by atoms with Crippen LogP contribution in [0.1, 0.15) is 20.3 Å². The standard InChI is InChI=1S/C11H16O3/c1-4-11(12)6-5-8-9(7-11)14-10(2,3)13-8/h4-6,8-9,12H,1,7H2,2-3H3/t8-,9+,11+/m0/s1. The van der Waals surface area contributed by atoms with Crippen LogP contribution in [0.4, 0.5) is 0 Å². The van der Waals surface area contributed by atoms with Crippen molar-refractivity contribution >= 4 is 0 Å². The molecule has 0 aromatic carbocycles. The summed E-state index contributed by atoms with van der Waals surface area (Å²) >= 11 is 0. The molecule has 0 radical (unpaired) electrons. The molecule has 78 valence electrons. The van der Waals surface area contributed by atoms with E-state index in [9.17, 15) is 5.11 Å². The predicted octanol–water partition coefficient (Wildman–Crippen LogP) is 1.38. The van der Waals surface area contributed by atoms with Gasteiger partial charge in [-0.1, -0.05) is 24.8 Å². The smallest absolute Gasteiger partial charge is 0.164 e. The first-order chi connectivity index (χ1) is 6.44. The first-order valence-electron chi connectivity index (χ1n) is 4.85. The zero-order chi connectivity index (χ0) is 10.4. The summed E-state index contributed by atoms with van der Waals surface area (Å²) in [6, 6.07) is 0. The van der Waals surface area contributed by atoms with Crippen molar-refractivity contribution in [2.24, 2.45) is 0 Å². The van der Waals surface area contributed by atoms with Gasteiger partial charge in [0.05, 0.1) is 6.10 Å². The lowest BCUT2D eigenvalue weighted by Crippen LogP contribution is -2.37. The summed E-state index contributed by atoms with van der Waals surface area (Å²) < 4.78 is 11.3.